The summed E-state index contributed by atoms with van der Waals surface area (Å²) in [7, 11) is 1.47. The number of benzene rings is 1. The molecule has 0 N–H and O–H groups in total. The van der Waals surface area contributed by atoms with E-state index in [9.17, 15) is 17.6 Å². The molecule has 0 radical (unpaired) electrons. The molecule has 0 amide bonds. The third kappa shape index (κ3) is 3.72. The van der Waals surface area contributed by atoms with Gasteiger partial charge in [-0.3, -0.25) is 0 Å². The highest BCUT2D eigenvalue weighted by molar-refractivity contribution is 5.28. The van der Waals surface area contributed by atoms with Crippen LogP contribution in [0.2, 0.25) is 0 Å². The Labute approximate surface area is 91.0 Å². The first kappa shape index (κ1) is 12.8. The van der Waals surface area contributed by atoms with Crippen molar-refractivity contribution >= 4 is 0 Å². The molecule has 0 saturated heterocycles. The molecule has 1 nitrogen and oxygen atoms in total. The molecule has 0 aliphatic carbocycles. The second-order valence-electron chi connectivity index (χ2n) is 3.40. The fourth-order valence-corrected chi connectivity index (χ4v) is 1.29. The summed E-state index contributed by atoms with van der Waals surface area (Å²) in [5, 5.41) is 0. The summed E-state index contributed by atoms with van der Waals surface area (Å²) in [6, 6.07) is 6.59. The van der Waals surface area contributed by atoms with Gasteiger partial charge in [0.25, 0.3) is 0 Å². The van der Waals surface area contributed by atoms with E-state index in [1.54, 1.807) is 24.3 Å². The molecule has 1 aromatic carbocycles. The van der Waals surface area contributed by atoms with E-state index in [2.05, 4.69) is 0 Å². The molecular formula is C11H12F4O. The summed E-state index contributed by atoms with van der Waals surface area (Å²) >= 11 is 0. The molecule has 0 aliphatic heterocycles. The number of rotatable bonds is 4. The number of hydrogen-bond acceptors (Lipinski definition) is 1. The Hall–Kier alpha value is -1.26. The van der Waals surface area contributed by atoms with E-state index < -0.39 is 18.8 Å². The van der Waals surface area contributed by atoms with Gasteiger partial charge in [-0.1, -0.05) is 12.1 Å². The highest BCUT2D eigenvalue weighted by Gasteiger charge is 2.39. The van der Waals surface area contributed by atoms with Crippen molar-refractivity contribution in [2.45, 2.75) is 25.2 Å². The van der Waals surface area contributed by atoms with Gasteiger partial charge in [0.15, 0.2) is 6.17 Å². The zero-order valence-electron chi connectivity index (χ0n) is 8.72. The molecule has 1 rings (SSSR count). The molecule has 1 unspecified atom stereocenters. The van der Waals surface area contributed by atoms with Crippen LogP contribution in [0.3, 0.4) is 0 Å². The normalized spacial score (nSPS) is 13.6. The zero-order valence-corrected chi connectivity index (χ0v) is 8.72. The first-order valence-electron chi connectivity index (χ1n) is 4.77. The Bertz CT molecular complexity index is 335. The van der Waals surface area contributed by atoms with Gasteiger partial charge >= 0.3 is 6.18 Å². The summed E-state index contributed by atoms with van der Waals surface area (Å²) < 4.78 is 53.2. The quantitative estimate of drug-likeness (QED) is 0.727. The molecule has 0 spiro atoms. The molecule has 0 aliphatic rings. The largest absolute Gasteiger partial charge is 0.497 e. The molecule has 1 aromatic rings. The maximum atomic E-state index is 12.6. The monoisotopic (exact) mass is 236 g/mol. The van der Waals surface area contributed by atoms with Crippen molar-refractivity contribution in [3.63, 3.8) is 0 Å². The first-order chi connectivity index (χ1) is 7.43. The van der Waals surface area contributed by atoms with Gasteiger partial charge in [-0.05, 0) is 30.5 Å². The van der Waals surface area contributed by atoms with E-state index in [1.165, 1.54) is 7.11 Å². The molecule has 0 heterocycles. The molecule has 0 saturated carbocycles. The van der Waals surface area contributed by atoms with Crippen LogP contribution < -0.4 is 4.74 Å². The topological polar surface area (TPSA) is 9.23 Å². The number of alkyl halides is 4. The average Bonchev–Trinajstić information content (AvgIpc) is 2.25. The second kappa shape index (κ2) is 5.18. The van der Waals surface area contributed by atoms with Gasteiger partial charge in [0, 0.05) is 0 Å². The Balaban J connectivity index is 2.54. The average molecular weight is 236 g/mol. The maximum absolute atomic E-state index is 12.6. The van der Waals surface area contributed by atoms with Gasteiger partial charge in [0.1, 0.15) is 5.75 Å². The molecule has 1 atom stereocenters. The lowest BCUT2D eigenvalue weighted by Gasteiger charge is -2.12. The van der Waals surface area contributed by atoms with Crippen molar-refractivity contribution in [2.75, 3.05) is 7.11 Å². The van der Waals surface area contributed by atoms with Crippen molar-refractivity contribution in [1.82, 2.24) is 0 Å². The second-order valence-corrected chi connectivity index (χ2v) is 3.40. The van der Waals surface area contributed by atoms with E-state index in [1.807, 2.05) is 0 Å². The van der Waals surface area contributed by atoms with Crippen molar-refractivity contribution in [3.05, 3.63) is 29.8 Å². The Kier molecular flexibility index (Phi) is 4.15. The molecular weight excluding hydrogens is 224 g/mol. The van der Waals surface area contributed by atoms with Gasteiger partial charge in [-0.15, -0.1) is 0 Å². The molecule has 0 aromatic heterocycles. The van der Waals surface area contributed by atoms with E-state index in [-0.39, 0.29) is 6.42 Å². The number of methoxy groups -OCH3 is 1. The molecule has 0 fully saturated rings. The van der Waals surface area contributed by atoms with Crippen molar-refractivity contribution in [1.29, 1.82) is 0 Å². The van der Waals surface area contributed by atoms with Crippen molar-refractivity contribution in [2.24, 2.45) is 0 Å². The maximum Gasteiger partial charge on any atom is 0.419 e. The minimum Gasteiger partial charge on any atom is -0.497 e. The van der Waals surface area contributed by atoms with Crippen LogP contribution >= 0.6 is 0 Å². The standard InChI is InChI=1S/C11H12F4O/c1-16-9-4-2-3-8(7-9)5-6-10(12)11(13,14)15/h2-4,7,10H,5-6H2,1H3. The van der Waals surface area contributed by atoms with Crippen LogP contribution in [0.25, 0.3) is 0 Å². The van der Waals surface area contributed by atoms with E-state index in [0.29, 0.717) is 11.3 Å². The SMILES string of the molecule is COc1cccc(CCC(F)C(F)(F)F)c1. The third-order valence-electron chi connectivity index (χ3n) is 2.18. The van der Waals surface area contributed by atoms with Crippen LogP contribution in [0.1, 0.15) is 12.0 Å². The third-order valence-corrected chi connectivity index (χ3v) is 2.18. The summed E-state index contributed by atoms with van der Waals surface area (Å²) in [4.78, 5) is 0. The fraction of sp³-hybridized carbons (Fsp3) is 0.455. The van der Waals surface area contributed by atoms with Crippen LogP contribution in [0.5, 0.6) is 5.75 Å². The van der Waals surface area contributed by atoms with Gasteiger partial charge in [-0.25, -0.2) is 4.39 Å². The number of ether oxygens (including phenoxy) is 1. The van der Waals surface area contributed by atoms with E-state index in [4.69, 9.17) is 4.74 Å². The predicted octanol–water partition coefficient (Wildman–Crippen LogP) is 3.53. The van der Waals surface area contributed by atoms with Gasteiger partial charge in [0.05, 0.1) is 7.11 Å². The number of hydrogen-bond donors (Lipinski definition) is 0. The molecule has 0 bridgehead atoms. The fourth-order valence-electron chi connectivity index (χ4n) is 1.29. The molecule has 90 valence electrons. The lowest BCUT2D eigenvalue weighted by molar-refractivity contribution is -0.181. The lowest BCUT2D eigenvalue weighted by Crippen LogP contribution is -2.24. The van der Waals surface area contributed by atoms with Crippen molar-refractivity contribution in [3.8, 4) is 5.75 Å². The molecule has 5 heteroatoms. The van der Waals surface area contributed by atoms with Crippen LogP contribution in [0.15, 0.2) is 24.3 Å². The number of aryl methyl sites for hydroxylation is 1. The van der Waals surface area contributed by atoms with E-state index in [0.717, 1.165) is 0 Å². The lowest BCUT2D eigenvalue weighted by atomic mass is 10.1. The Morgan fingerprint density at radius 3 is 2.56 bits per heavy atom. The minimum atomic E-state index is -4.77. The summed E-state index contributed by atoms with van der Waals surface area (Å²) in [6.07, 6.45) is -8.05. The van der Waals surface area contributed by atoms with Gasteiger partial charge in [0.2, 0.25) is 0 Å². The minimum absolute atomic E-state index is 0.0396. The van der Waals surface area contributed by atoms with E-state index >= 15 is 0 Å². The smallest absolute Gasteiger partial charge is 0.419 e. The van der Waals surface area contributed by atoms with Gasteiger partial charge in [-0.2, -0.15) is 13.2 Å². The Morgan fingerprint density at radius 1 is 1.31 bits per heavy atom. The van der Waals surface area contributed by atoms with Crippen LogP contribution in [0, 0.1) is 0 Å². The highest BCUT2D eigenvalue weighted by Crippen LogP contribution is 2.26. The van der Waals surface area contributed by atoms with Crippen LogP contribution in [0.4, 0.5) is 17.6 Å². The zero-order chi connectivity index (χ0) is 12.2. The highest BCUT2D eigenvalue weighted by atomic mass is 19.4. The summed E-state index contributed by atoms with van der Waals surface area (Å²) in [5.74, 6) is 0.555. The summed E-state index contributed by atoms with van der Waals surface area (Å²) in [5.41, 5.74) is 0.631. The first-order valence-corrected chi connectivity index (χ1v) is 4.77. The van der Waals surface area contributed by atoms with Crippen LogP contribution in [-0.2, 0) is 6.42 Å². The van der Waals surface area contributed by atoms with Crippen molar-refractivity contribution < 1.29 is 22.3 Å². The molecule has 16 heavy (non-hydrogen) atoms. The van der Waals surface area contributed by atoms with Crippen LogP contribution in [-0.4, -0.2) is 19.5 Å². The predicted molar refractivity (Wildman–Crippen MR) is 52.3 cm³/mol. The van der Waals surface area contributed by atoms with Gasteiger partial charge < -0.3 is 4.74 Å². The Morgan fingerprint density at radius 2 is 2.00 bits per heavy atom. The number of halogens is 4. The summed E-state index contributed by atoms with van der Waals surface area (Å²) in [6.45, 7) is 0.